The second-order valence-corrected chi connectivity index (χ2v) is 4.64. The molecule has 0 aliphatic carbocycles. The van der Waals surface area contributed by atoms with Crippen LogP contribution in [0.15, 0.2) is 30.3 Å². The number of nitrogen functional groups attached to an aromatic ring is 1. The monoisotopic (exact) mass is 288 g/mol. The maximum Gasteiger partial charge on any atom is 0.218 e. The van der Waals surface area contributed by atoms with Crippen LogP contribution in [0.4, 0.5) is 11.5 Å². The third-order valence-corrected chi connectivity index (χ3v) is 2.90. The van der Waals surface area contributed by atoms with Crippen molar-refractivity contribution in [3.8, 4) is 5.88 Å². The molecule has 0 saturated heterocycles. The highest BCUT2D eigenvalue weighted by Crippen LogP contribution is 2.17. The van der Waals surface area contributed by atoms with E-state index in [4.69, 9.17) is 10.5 Å². The molecule has 6 nitrogen and oxygen atoms in total. The summed E-state index contributed by atoms with van der Waals surface area (Å²) in [6, 6.07) is 8.85. The molecule has 2 rings (SSSR count). The molecule has 0 fully saturated rings. The molecule has 0 spiro atoms. The van der Waals surface area contributed by atoms with Crippen LogP contribution in [0.3, 0.4) is 0 Å². The lowest BCUT2D eigenvalue weighted by molar-refractivity contribution is 0.191. The Morgan fingerprint density at radius 2 is 2.00 bits per heavy atom. The van der Waals surface area contributed by atoms with Crippen molar-refractivity contribution < 1.29 is 9.84 Å². The molecule has 6 heteroatoms. The van der Waals surface area contributed by atoms with Gasteiger partial charge in [-0.2, -0.15) is 4.98 Å². The number of nitrogens with two attached hydrogens (primary N) is 1. The van der Waals surface area contributed by atoms with Gasteiger partial charge in [0.1, 0.15) is 11.6 Å². The lowest BCUT2D eigenvalue weighted by Crippen LogP contribution is -2.13. The van der Waals surface area contributed by atoms with Gasteiger partial charge in [0.05, 0.1) is 12.7 Å². The number of hydrogen-bond donors (Lipinski definition) is 3. The Morgan fingerprint density at radius 3 is 2.67 bits per heavy atom. The minimum Gasteiger partial charge on any atom is -0.478 e. The predicted molar refractivity (Wildman–Crippen MR) is 82.2 cm³/mol. The highest BCUT2D eigenvalue weighted by molar-refractivity contribution is 5.41. The molecular weight excluding hydrogens is 268 g/mol. The zero-order chi connectivity index (χ0) is 15.2. The van der Waals surface area contributed by atoms with Crippen molar-refractivity contribution in [2.24, 2.45) is 0 Å². The number of nitrogens with one attached hydrogen (secondary N) is 1. The first kappa shape index (κ1) is 15.1. The number of hydrogen-bond acceptors (Lipinski definition) is 6. The van der Waals surface area contributed by atoms with Gasteiger partial charge >= 0.3 is 0 Å². The first-order valence-corrected chi connectivity index (χ1v) is 6.84. The molecule has 0 radical (unpaired) electrons. The van der Waals surface area contributed by atoms with Crippen LogP contribution in [0.2, 0.25) is 0 Å². The molecule has 21 heavy (non-hydrogen) atoms. The van der Waals surface area contributed by atoms with E-state index in [1.807, 2.05) is 6.92 Å². The van der Waals surface area contributed by atoms with Crippen molar-refractivity contribution in [1.82, 2.24) is 9.97 Å². The van der Waals surface area contributed by atoms with E-state index >= 15 is 0 Å². The summed E-state index contributed by atoms with van der Waals surface area (Å²) in [4.78, 5) is 8.43. The van der Waals surface area contributed by atoms with Gasteiger partial charge in [0, 0.05) is 18.3 Å². The Morgan fingerprint density at radius 1 is 1.29 bits per heavy atom. The molecule has 1 unspecified atom stereocenters. The maximum atomic E-state index is 10.1. The lowest BCUT2D eigenvalue weighted by Gasteiger charge is -2.13. The minimum atomic E-state index is -0.642. The fourth-order valence-corrected chi connectivity index (χ4v) is 1.89. The van der Waals surface area contributed by atoms with E-state index in [1.54, 1.807) is 37.3 Å². The lowest BCUT2D eigenvalue weighted by atomic mass is 10.1. The Hall–Kier alpha value is -2.34. The standard InChI is InChI=1S/C15H20N4O2/c1-3-21-15-8-14(18-10(2)19-15)17-9-13(20)11-4-6-12(16)7-5-11/h4-8,13,20H,3,9,16H2,1-2H3,(H,17,18,19). The molecule has 112 valence electrons. The summed E-state index contributed by atoms with van der Waals surface area (Å²) in [7, 11) is 0. The highest BCUT2D eigenvalue weighted by Gasteiger charge is 2.08. The summed E-state index contributed by atoms with van der Waals surface area (Å²) in [5.74, 6) is 1.76. The van der Waals surface area contributed by atoms with E-state index in [9.17, 15) is 5.11 Å². The van der Waals surface area contributed by atoms with E-state index < -0.39 is 6.10 Å². The van der Waals surface area contributed by atoms with E-state index in [0.29, 0.717) is 36.4 Å². The normalized spacial score (nSPS) is 12.0. The predicted octanol–water partition coefficient (Wildman–Crippen LogP) is 1.91. The quantitative estimate of drug-likeness (QED) is 0.703. The Kier molecular flexibility index (Phi) is 4.94. The summed E-state index contributed by atoms with van der Waals surface area (Å²) < 4.78 is 5.36. The average molecular weight is 288 g/mol. The molecule has 4 N–H and O–H groups in total. The van der Waals surface area contributed by atoms with Crippen LogP contribution < -0.4 is 15.8 Å². The summed E-state index contributed by atoms with van der Waals surface area (Å²) in [6.07, 6.45) is -0.642. The zero-order valence-electron chi connectivity index (χ0n) is 12.2. The third-order valence-electron chi connectivity index (χ3n) is 2.90. The Labute approximate surface area is 124 Å². The van der Waals surface area contributed by atoms with Crippen molar-refractivity contribution in [3.05, 3.63) is 41.7 Å². The van der Waals surface area contributed by atoms with Crippen LogP contribution in [-0.2, 0) is 0 Å². The molecule has 2 aromatic rings. The van der Waals surface area contributed by atoms with Gasteiger partial charge in [-0.3, -0.25) is 0 Å². The molecular formula is C15H20N4O2. The average Bonchev–Trinajstić information content (AvgIpc) is 2.45. The number of nitrogens with zero attached hydrogens (tertiary/aromatic N) is 2. The van der Waals surface area contributed by atoms with Gasteiger partial charge in [-0.1, -0.05) is 12.1 Å². The number of ether oxygens (including phenoxy) is 1. The van der Waals surface area contributed by atoms with E-state index in [2.05, 4.69) is 15.3 Å². The van der Waals surface area contributed by atoms with E-state index in [1.165, 1.54) is 0 Å². The second-order valence-electron chi connectivity index (χ2n) is 4.64. The summed E-state index contributed by atoms with van der Waals surface area (Å²) in [5, 5.41) is 13.2. The molecule has 0 saturated carbocycles. The van der Waals surface area contributed by atoms with Gasteiger partial charge in [-0.25, -0.2) is 4.98 Å². The third kappa shape index (κ3) is 4.32. The van der Waals surface area contributed by atoms with Gasteiger partial charge in [-0.05, 0) is 31.5 Å². The topological polar surface area (TPSA) is 93.3 Å². The maximum absolute atomic E-state index is 10.1. The van der Waals surface area contributed by atoms with Crippen molar-refractivity contribution in [2.75, 3.05) is 24.2 Å². The van der Waals surface area contributed by atoms with Crippen LogP contribution in [0.25, 0.3) is 0 Å². The first-order chi connectivity index (χ1) is 10.1. The molecule has 0 amide bonds. The fourth-order valence-electron chi connectivity index (χ4n) is 1.89. The highest BCUT2D eigenvalue weighted by atomic mass is 16.5. The van der Waals surface area contributed by atoms with Crippen molar-refractivity contribution in [2.45, 2.75) is 20.0 Å². The smallest absolute Gasteiger partial charge is 0.218 e. The summed E-state index contributed by atoms with van der Waals surface area (Å²) >= 11 is 0. The van der Waals surface area contributed by atoms with Crippen molar-refractivity contribution in [1.29, 1.82) is 0 Å². The molecule has 1 atom stereocenters. The minimum absolute atomic E-state index is 0.339. The molecule has 0 bridgehead atoms. The Balaban J connectivity index is 2.00. The SMILES string of the molecule is CCOc1cc(NCC(O)c2ccc(N)cc2)nc(C)n1. The van der Waals surface area contributed by atoms with Crippen LogP contribution in [-0.4, -0.2) is 28.2 Å². The number of rotatable bonds is 6. The number of benzene rings is 1. The van der Waals surface area contributed by atoms with Gasteiger partial charge in [0.2, 0.25) is 5.88 Å². The van der Waals surface area contributed by atoms with Crippen LogP contribution in [0, 0.1) is 6.92 Å². The van der Waals surface area contributed by atoms with Crippen LogP contribution >= 0.6 is 0 Å². The number of aromatic nitrogens is 2. The van der Waals surface area contributed by atoms with Gasteiger partial charge in [0.15, 0.2) is 0 Å². The first-order valence-electron chi connectivity index (χ1n) is 6.84. The van der Waals surface area contributed by atoms with E-state index in [0.717, 1.165) is 5.56 Å². The van der Waals surface area contributed by atoms with Crippen LogP contribution in [0.5, 0.6) is 5.88 Å². The van der Waals surface area contributed by atoms with Crippen molar-refractivity contribution in [3.63, 3.8) is 0 Å². The fraction of sp³-hybridized carbons (Fsp3) is 0.333. The summed E-state index contributed by atoms with van der Waals surface area (Å²) in [6.45, 7) is 4.58. The van der Waals surface area contributed by atoms with Gasteiger partial charge in [0.25, 0.3) is 0 Å². The molecule has 1 aromatic carbocycles. The van der Waals surface area contributed by atoms with Gasteiger partial charge < -0.3 is 20.9 Å². The number of anilines is 2. The zero-order valence-corrected chi connectivity index (χ0v) is 12.2. The molecule has 0 aliphatic rings. The Bertz CT molecular complexity index is 587. The van der Waals surface area contributed by atoms with Gasteiger partial charge in [-0.15, -0.1) is 0 Å². The van der Waals surface area contributed by atoms with Crippen molar-refractivity contribution >= 4 is 11.5 Å². The molecule has 1 aromatic heterocycles. The number of aryl methyl sites for hydroxylation is 1. The van der Waals surface area contributed by atoms with Crippen LogP contribution in [0.1, 0.15) is 24.4 Å². The number of aliphatic hydroxyl groups is 1. The largest absolute Gasteiger partial charge is 0.478 e. The number of aliphatic hydroxyl groups excluding tert-OH is 1. The molecule has 1 heterocycles. The molecule has 0 aliphatic heterocycles. The second kappa shape index (κ2) is 6.90. The van der Waals surface area contributed by atoms with E-state index in [-0.39, 0.29) is 0 Å². The summed E-state index contributed by atoms with van der Waals surface area (Å²) in [5.41, 5.74) is 7.10.